The van der Waals surface area contributed by atoms with Crippen molar-refractivity contribution >= 4 is 28.6 Å². The number of amides is 1. The molecular formula is C13H14N2O2S2. The second-order valence-corrected chi connectivity index (χ2v) is 6.53. The van der Waals surface area contributed by atoms with Gasteiger partial charge in [0.15, 0.2) is 0 Å². The van der Waals surface area contributed by atoms with Gasteiger partial charge >= 0.3 is 0 Å². The van der Waals surface area contributed by atoms with Gasteiger partial charge in [-0.1, -0.05) is 0 Å². The van der Waals surface area contributed by atoms with Crippen molar-refractivity contribution in [2.75, 3.05) is 13.2 Å². The molecule has 0 unspecified atom stereocenters. The molecule has 1 amide bonds. The molecule has 1 saturated carbocycles. The number of nitrogens with one attached hydrogen (secondary N) is 1. The van der Waals surface area contributed by atoms with E-state index in [0.717, 1.165) is 23.4 Å². The normalized spacial score (nSPS) is 16.3. The molecule has 1 aliphatic rings. The smallest absolute Gasteiger partial charge is 0.270 e. The van der Waals surface area contributed by atoms with Crippen molar-refractivity contribution in [3.63, 3.8) is 0 Å². The number of thiophene rings is 1. The van der Waals surface area contributed by atoms with E-state index in [2.05, 4.69) is 10.3 Å². The highest BCUT2D eigenvalue weighted by atomic mass is 32.1. The summed E-state index contributed by atoms with van der Waals surface area (Å²) in [5.74, 6) is -0.155. The quantitative estimate of drug-likeness (QED) is 0.890. The summed E-state index contributed by atoms with van der Waals surface area (Å²) in [6.45, 7) is 0.679. The maximum atomic E-state index is 12.0. The van der Waals surface area contributed by atoms with Crippen LogP contribution in [0.1, 0.15) is 23.3 Å². The third-order valence-electron chi connectivity index (χ3n) is 3.42. The van der Waals surface area contributed by atoms with E-state index in [1.807, 2.05) is 16.8 Å². The molecular weight excluding hydrogens is 280 g/mol. The van der Waals surface area contributed by atoms with E-state index >= 15 is 0 Å². The van der Waals surface area contributed by atoms with E-state index in [1.165, 1.54) is 11.3 Å². The molecule has 100 valence electrons. The summed E-state index contributed by atoms with van der Waals surface area (Å²) in [6.07, 6.45) is 1.97. The van der Waals surface area contributed by atoms with E-state index in [-0.39, 0.29) is 17.9 Å². The second kappa shape index (κ2) is 5.03. The average molecular weight is 294 g/mol. The van der Waals surface area contributed by atoms with E-state index < -0.39 is 0 Å². The first-order valence-corrected chi connectivity index (χ1v) is 7.92. The lowest BCUT2D eigenvalue weighted by molar-refractivity contribution is 0.0931. The highest BCUT2D eigenvalue weighted by Crippen LogP contribution is 2.44. The van der Waals surface area contributed by atoms with Crippen LogP contribution < -0.4 is 5.32 Å². The van der Waals surface area contributed by atoms with Gasteiger partial charge < -0.3 is 10.4 Å². The Labute approximate surface area is 119 Å². The van der Waals surface area contributed by atoms with E-state index in [9.17, 15) is 9.90 Å². The Hall–Kier alpha value is -1.24. The molecule has 0 aliphatic heterocycles. The number of rotatable bonds is 5. The molecule has 19 heavy (non-hydrogen) atoms. The van der Waals surface area contributed by atoms with Crippen LogP contribution in [0.25, 0.3) is 10.6 Å². The molecule has 2 N–H and O–H groups in total. The summed E-state index contributed by atoms with van der Waals surface area (Å²) in [7, 11) is 0. The summed E-state index contributed by atoms with van der Waals surface area (Å²) in [6, 6.07) is 2.00. The standard InChI is InChI=1S/C13H14N2O2S2/c16-8-13(2-3-13)7-14-11(17)10-6-19-12(15-10)9-1-4-18-5-9/h1,4-6,16H,2-3,7-8H2,(H,14,17). The number of hydrogen-bond donors (Lipinski definition) is 2. The largest absolute Gasteiger partial charge is 0.396 e. The van der Waals surface area contributed by atoms with Gasteiger partial charge in [-0.2, -0.15) is 11.3 Å². The Morgan fingerprint density at radius 1 is 1.47 bits per heavy atom. The third-order valence-corrected chi connectivity index (χ3v) is 5.00. The van der Waals surface area contributed by atoms with Crippen molar-refractivity contribution in [2.45, 2.75) is 12.8 Å². The van der Waals surface area contributed by atoms with Crippen molar-refractivity contribution in [1.29, 1.82) is 0 Å². The van der Waals surface area contributed by atoms with E-state index in [1.54, 1.807) is 16.7 Å². The number of hydrogen-bond acceptors (Lipinski definition) is 5. The molecule has 2 heterocycles. The topological polar surface area (TPSA) is 62.2 Å². The summed E-state index contributed by atoms with van der Waals surface area (Å²) in [4.78, 5) is 16.3. The zero-order valence-electron chi connectivity index (χ0n) is 10.3. The summed E-state index contributed by atoms with van der Waals surface area (Å²) in [5, 5.41) is 18.7. The molecule has 0 bridgehead atoms. The number of aliphatic hydroxyl groups excluding tert-OH is 1. The van der Waals surface area contributed by atoms with Gasteiger partial charge in [-0.25, -0.2) is 4.98 Å². The fourth-order valence-corrected chi connectivity index (χ4v) is 3.33. The average Bonchev–Trinajstić information content (AvgIpc) is 2.87. The van der Waals surface area contributed by atoms with Crippen LogP contribution in [0.3, 0.4) is 0 Å². The molecule has 4 nitrogen and oxygen atoms in total. The highest BCUT2D eigenvalue weighted by molar-refractivity contribution is 7.14. The Balaban J connectivity index is 1.64. The fraction of sp³-hybridized carbons (Fsp3) is 0.385. The van der Waals surface area contributed by atoms with Crippen molar-refractivity contribution in [2.24, 2.45) is 5.41 Å². The Kier molecular flexibility index (Phi) is 3.38. The van der Waals surface area contributed by atoms with Gasteiger partial charge in [0.2, 0.25) is 0 Å². The minimum absolute atomic E-state index is 0.0676. The molecule has 2 aromatic heterocycles. The molecule has 1 aliphatic carbocycles. The van der Waals surface area contributed by atoms with Crippen molar-refractivity contribution < 1.29 is 9.90 Å². The predicted octanol–water partition coefficient (Wildman–Crippen LogP) is 2.37. The van der Waals surface area contributed by atoms with Crippen LogP contribution in [0.2, 0.25) is 0 Å². The molecule has 0 spiro atoms. The molecule has 0 aromatic carbocycles. The van der Waals surface area contributed by atoms with Crippen LogP contribution in [0.15, 0.2) is 22.2 Å². The van der Waals surface area contributed by atoms with Crippen LogP contribution in [-0.4, -0.2) is 29.1 Å². The van der Waals surface area contributed by atoms with Crippen LogP contribution in [0, 0.1) is 5.41 Å². The molecule has 3 rings (SSSR count). The first-order valence-electron chi connectivity index (χ1n) is 6.10. The fourth-order valence-electron chi connectivity index (χ4n) is 1.82. The van der Waals surface area contributed by atoms with E-state index in [0.29, 0.717) is 12.2 Å². The summed E-state index contributed by atoms with van der Waals surface area (Å²) >= 11 is 3.09. The maximum Gasteiger partial charge on any atom is 0.270 e. The number of carbonyl (C=O) groups is 1. The molecule has 6 heteroatoms. The number of nitrogens with zero attached hydrogens (tertiary/aromatic N) is 1. The zero-order chi connectivity index (χ0) is 13.3. The summed E-state index contributed by atoms with van der Waals surface area (Å²) in [5.41, 5.74) is 1.45. The first-order chi connectivity index (χ1) is 9.22. The van der Waals surface area contributed by atoms with Crippen LogP contribution in [0.4, 0.5) is 0 Å². The molecule has 2 aromatic rings. The maximum absolute atomic E-state index is 12.0. The highest BCUT2D eigenvalue weighted by Gasteiger charge is 2.42. The lowest BCUT2D eigenvalue weighted by Gasteiger charge is -2.11. The number of aliphatic hydroxyl groups is 1. The first kappa shape index (κ1) is 12.8. The molecule has 0 saturated heterocycles. The van der Waals surface area contributed by atoms with Crippen molar-refractivity contribution in [1.82, 2.24) is 10.3 Å². The van der Waals surface area contributed by atoms with Gasteiger partial charge in [0, 0.05) is 28.3 Å². The van der Waals surface area contributed by atoms with Crippen LogP contribution in [0.5, 0.6) is 0 Å². The third kappa shape index (κ3) is 2.70. The SMILES string of the molecule is O=C(NCC1(CO)CC1)c1csc(-c2ccsc2)n1. The Bertz CT molecular complexity index is 573. The van der Waals surface area contributed by atoms with Gasteiger partial charge in [0.25, 0.3) is 5.91 Å². The van der Waals surface area contributed by atoms with Crippen LogP contribution >= 0.6 is 22.7 Å². The molecule has 0 atom stereocenters. The number of aromatic nitrogens is 1. The number of thiazole rings is 1. The minimum atomic E-state index is -0.155. The Morgan fingerprint density at radius 2 is 2.32 bits per heavy atom. The molecule has 1 fully saturated rings. The Morgan fingerprint density at radius 3 is 2.95 bits per heavy atom. The summed E-state index contributed by atoms with van der Waals surface area (Å²) < 4.78 is 0. The molecule has 0 radical (unpaired) electrons. The van der Waals surface area contributed by atoms with Crippen molar-refractivity contribution in [3.05, 3.63) is 27.9 Å². The van der Waals surface area contributed by atoms with E-state index in [4.69, 9.17) is 0 Å². The van der Waals surface area contributed by atoms with Gasteiger partial charge in [0.05, 0.1) is 6.61 Å². The van der Waals surface area contributed by atoms with Gasteiger partial charge in [-0.15, -0.1) is 11.3 Å². The lowest BCUT2D eigenvalue weighted by atomic mass is 10.1. The van der Waals surface area contributed by atoms with Gasteiger partial charge in [0.1, 0.15) is 10.7 Å². The number of carbonyl (C=O) groups excluding carboxylic acids is 1. The van der Waals surface area contributed by atoms with Crippen molar-refractivity contribution in [3.8, 4) is 10.6 Å². The van der Waals surface area contributed by atoms with Crippen LogP contribution in [-0.2, 0) is 0 Å². The zero-order valence-corrected chi connectivity index (χ0v) is 11.9. The lowest BCUT2D eigenvalue weighted by Crippen LogP contribution is -2.32. The minimum Gasteiger partial charge on any atom is -0.396 e. The van der Waals surface area contributed by atoms with Gasteiger partial charge in [-0.3, -0.25) is 4.79 Å². The monoisotopic (exact) mass is 294 g/mol. The van der Waals surface area contributed by atoms with Gasteiger partial charge in [-0.05, 0) is 24.3 Å². The second-order valence-electron chi connectivity index (χ2n) is 4.89. The predicted molar refractivity (Wildman–Crippen MR) is 76.5 cm³/mol.